The molecule has 4 nitrogen and oxygen atoms in total. The van der Waals surface area contributed by atoms with Crippen molar-refractivity contribution in [2.24, 2.45) is 0 Å². The second-order valence-electron chi connectivity index (χ2n) is 5.04. The van der Waals surface area contributed by atoms with Crippen LogP contribution in [0.15, 0.2) is 22.8 Å². The van der Waals surface area contributed by atoms with Crippen LogP contribution in [-0.4, -0.2) is 56.1 Å². The van der Waals surface area contributed by atoms with Gasteiger partial charge in [0, 0.05) is 32.2 Å². The third-order valence-corrected chi connectivity index (χ3v) is 3.61. The van der Waals surface area contributed by atoms with Crippen LogP contribution in [0.1, 0.15) is 18.7 Å². The third kappa shape index (κ3) is 3.31. The molecular weight excluding hydrogens is 214 g/mol. The normalized spacial score (nSPS) is 25.0. The lowest BCUT2D eigenvalue weighted by Gasteiger charge is -2.38. The number of hydrogen-bond acceptors (Lipinski definition) is 4. The number of nitrogens with one attached hydrogen (secondary N) is 1. The van der Waals surface area contributed by atoms with E-state index in [1.54, 1.807) is 6.26 Å². The number of furan rings is 1. The number of nitrogens with zero attached hydrogens (tertiary/aromatic N) is 2. The van der Waals surface area contributed by atoms with E-state index in [9.17, 15) is 0 Å². The lowest BCUT2D eigenvalue weighted by Crippen LogP contribution is -2.53. The quantitative estimate of drug-likeness (QED) is 0.852. The maximum absolute atomic E-state index is 5.40. The summed E-state index contributed by atoms with van der Waals surface area (Å²) in [6.07, 6.45) is 1.73. The van der Waals surface area contributed by atoms with E-state index in [-0.39, 0.29) is 6.04 Å². The van der Waals surface area contributed by atoms with Crippen LogP contribution in [0.5, 0.6) is 0 Å². The minimum atomic E-state index is 0.283. The predicted molar refractivity (Wildman–Crippen MR) is 69.0 cm³/mol. The summed E-state index contributed by atoms with van der Waals surface area (Å²) in [6.45, 7) is 6.60. The molecule has 2 rings (SSSR count). The standard InChI is InChI=1S/C13H23N3O/c1-11(13-5-4-8-17-13)14-9-12-10-15(2)6-7-16(12)3/h4-5,8,11-12,14H,6-7,9-10H2,1-3H3. The van der Waals surface area contributed by atoms with Crippen molar-refractivity contribution in [1.82, 2.24) is 15.1 Å². The lowest BCUT2D eigenvalue weighted by molar-refractivity contribution is 0.111. The minimum absolute atomic E-state index is 0.283. The first-order chi connectivity index (χ1) is 8.16. The average molecular weight is 237 g/mol. The highest BCUT2D eigenvalue weighted by molar-refractivity contribution is 5.03. The van der Waals surface area contributed by atoms with Crippen molar-refractivity contribution in [3.63, 3.8) is 0 Å². The fraction of sp³-hybridized carbons (Fsp3) is 0.692. The maximum atomic E-state index is 5.40. The molecule has 0 aromatic carbocycles. The van der Waals surface area contributed by atoms with Crippen LogP contribution in [0.3, 0.4) is 0 Å². The first-order valence-electron chi connectivity index (χ1n) is 6.32. The van der Waals surface area contributed by atoms with E-state index in [1.807, 2.05) is 12.1 Å². The Balaban J connectivity index is 1.81. The molecule has 1 aromatic heterocycles. The van der Waals surface area contributed by atoms with Crippen molar-refractivity contribution >= 4 is 0 Å². The van der Waals surface area contributed by atoms with Crippen molar-refractivity contribution in [2.45, 2.75) is 19.0 Å². The zero-order valence-corrected chi connectivity index (χ0v) is 11.0. The van der Waals surface area contributed by atoms with Gasteiger partial charge < -0.3 is 14.6 Å². The van der Waals surface area contributed by atoms with Crippen molar-refractivity contribution in [1.29, 1.82) is 0 Å². The third-order valence-electron chi connectivity index (χ3n) is 3.61. The zero-order chi connectivity index (χ0) is 12.3. The van der Waals surface area contributed by atoms with E-state index in [0.29, 0.717) is 6.04 Å². The highest BCUT2D eigenvalue weighted by atomic mass is 16.3. The molecule has 0 saturated carbocycles. The molecular formula is C13H23N3O. The molecule has 2 unspecified atom stereocenters. The van der Waals surface area contributed by atoms with Crippen molar-refractivity contribution in [2.75, 3.05) is 40.3 Å². The number of piperazine rings is 1. The molecule has 17 heavy (non-hydrogen) atoms. The van der Waals surface area contributed by atoms with Gasteiger partial charge in [-0.05, 0) is 33.2 Å². The predicted octanol–water partition coefficient (Wildman–Crippen LogP) is 1.18. The van der Waals surface area contributed by atoms with Crippen molar-refractivity contribution in [3.05, 3.63) is 24.2 Å². The van der Waals surface area contributed by atoms with Crippen LogP contribution in [0, 0.1) is 0 Å². The molecule has 4 heteroatoms. The molecule has 1 aromatic rings. The summed E-state index contributed by atoms with van der Waals surface area (Å²) in [4.78, 5) is 4.83. The van der Waals surface area contributed by atoms with Crippen LogP contribution in [0.4, 0.5) is 0 Å². The summed E-state index contributed by atoms with van der Waals surface area (Å²) >= 11 is 0. The summed E-state index contributed by atoms with van der Waals surface area (Å²) < 4.78 is 5.40. The van der Waals surface area contributed by atoms with E-state index >= 15 is 0 Å². The van der Waals surface area contributed by atoms with Crippen LogP contribution in [0.2, 0.25) is 0 Å². The minimum Gasteiger partial charge on any atom is -0.468 e. The van der Waals surface area contributed by atoms with E-state index in [1.165, 1.54) is 6.54 Å². The SMILES string of the molecule is CC(NCC1CN(C)CCN1C)c1ccco1. The van der Waals surface area contributed by atoms with Gasteiger partial charge in [-0.2, -0.15) is 0 Å². The molecule has 96 valence electrons. The van der Waals surface area contributed by atoms with Crippen LogP contribution >= 0.6 is 0 Å². The van der Waals surface area contributed by atoms with Gasteiger partial charge >= 0.3 is 0 Å². The highest BCUT2D eigenvalue weighted by Crippen LogP contribution is 2.13. The van der Waals surface area contributed by atoms with Gasteiger partial charge in [-0.15, -0.1) is 0 Å². The topological polar surface area (TPSA) is 31.6 Å². The molecule has 0 amide bonds. The average Bonchev–Trinajstić information content (AvgIpc) is 2.83. The Morgan fingerprint density at radius 2 is 2.29 bits per heavy atom. The Kier molecular flexibility index (Phi) is 4.20. The van der Waals surface area contributed by atoms with Crippen molar-refractivity contribution in [3.8, 4) is 0 Å². The van der Waals surface area contributed by atoms with E-state index in [4.69, 9.17) is 4.42 Å². The smallest absolute Gasteiger partial charge is 0.120 e. The van der Waals surface area contributed by atoms with E-state index in [0.717, 1.165) is 25.4 Å². The van der Waals surface area contributed by atoms with Gasteiger partial charge in [-0.25, -0.2) is 0 Å². The second-order valence-corrected chi connectivity index (χ2v) is 5.04. The Labute approximate surface area is 104 Å². The molecule has 0 radical (unpaired) electrons. The fourth-order valence-corrected chi connectivity index (χ4v) is 2.27. The summed E-state index contributed by atoms with van der Waals surface area (Å²) in [5.74, 6) is 1.01. The van der Waals surface area contributed by atoms with Gasteiger partial charge in [-0.3, -0.25) is 4.90 Å². The highest BCUT2D eigenvalue weighted by Gasteiger charge is 2.22. The number of rotatable bonds is 4. The Bertz CT molecular complexity index is 325. The summed E-state index contributed by atoms with van der Waals surface area (Å²) in [7, 11) is 4.40. The first-order valence-corrected chi connectivity index (χ1v) is 6.32. The van der Waals surface area contributed by atoms with Gasteiger partial charge in [-0.1, -0.05) is 0 Å². The van der Waals surface area contributed by atoms with Gasteiger partial charge in [0.1, 0.15) is 5.76 Å². The van der Waals surface area contributed by atoms with E-state index in [2.05, 4.69) is 36.1 Å². The molecule has 0 spiro atoms. The van der Waals surface area contributed by atoms with Gasteiger partial charge in [0.25, 0.3) is 0 Å². The van der Waals surface area contributed by atoms with Gasteiger partial charge in [0.05, 0.1) is 12.3 Å². The van der Waals surface area contributed by atoms with Crippen LogP contribution in [-0.2, 0) is 0 Å². The molecule has 1 fully saturated rings. The Hall–Kier alpha value is -0.840. The zero-order valence-electron chi connectivity index (χ0n) is 11.0. The largest absolute Gasteiger partial charge is 0.468 e. The fourth-order valence-electron chi connectivity index (χ4n) is 2.27. The van der Waals surface area contributed by atoms with Crippen LogP contribution < -0.4 is 5.32 Å². The molecule has 1 saturated heterocycles. The first kappa shape index (κ1) is 12.6. The van der Waals surface area contributed by atoms with Gasteiger partial charge in [0.2, 0.25) is 0 Å². The van der Waals surface area contributed by atoms with Gasteiger partial charge in [0.15, 0.2) is 0 Å². The number of hydrogen-bond donors (Lipinski definition) is 1. The summed E-state index contributed by atoms with van der Waals surface area (Å²) in [5.41, 5.74) is 0. The van der Waals surface area contributed by atoms with Crippen molar-refractivity contribution < 1.29 is 4.42 Å². The Morgan fingerprint density at radius 3 is 3.00 bits per heavy atom. The summed E-state index contributed by atoms with van der Waals surface area (Å²) in [5, 5.41) is 3.54. The lowest BCUT2D eigenvalue weighted by atomic mass is 10.1. The maximum Gasteiger partial charge on any atom is 0.120 e. The molecule has 0 bridgehead atoms. The van der Waals surface area contributed by atoms with E-state index < -0.39 is 0 Å². The molecule has 2 atom stereocenters. The molecule has 2 heterocycles. The monoisotopic (exact) mass is 237 g/mol. The Morgan fingerprint density at radius 1 is 1.47 bits per heavy atom. The molecule has 1 aliphatic rings. The molecule has 1 aliphatic heterocycles. The second kappa shape index (κ2) is 5.67. The molecule has 1 N–H and O–H groups in total. The molecule has 0 aliphatic carbocycles. The summed E-state index contributed by atoms with van der Waals surface area (Å²) in [6, 6.07) is 4.83. The van der Waals surface area contributed by atoms with Crippen LogP contribution in [0.25, 0.3) is 0 Å². The number of likely N-dealkylation sites (N-methyl/N-ethyl adjacent to an activating group) is 2.